The molecule has 0 bridgehead atoms. The molecule has 0 amide bonds. The molecule has 3 aliphatic rings. The number of likely N-dealkylation sites (tertiary alicyclic amines) is 1. The van der Waals surface area contributed by atoms with Crippen LogP contribution in [0.15, 0.2) is 12.3 Å². The Hall–Kier alpha value is -0.910. The van der Waals surface area contributed by atoms with Crippen LogP contribution in [0.2, 0.25) is 0 Å². The van der Waals surface area contributed by atoms with Gasteiger partial charge in [-0.05, 0) is 44.2 Å². The second kappa shape index (κ2) is 5.71. The summed E-state index contributed by atoms with van der Waals surface area (Å²) in [5.74, 6) is 0.838. The molecule has 3 fully saturated rings. The Morgan fingerprint density at radius 1 is 1.48 bits per heavy atom. The van der Waals surface area contributed by atoms with E-state index in [2.05, 4.69) is 21.2 Å². The monoisotopic (exact) mass is 291 g/mol. The summed E-state index contributed by atoms with van der Waals surface area (Å²) in [6.45, 7) is 4.85. The van der Waals surface area contributed by atoms with E-state index in [1.165, 1.54) is 31.4 Å². The van der Waals surface area contributed by atoms with Crippen molar-refractivity contribution in [1.82, 2.24) is 15.1 Å². The number of nitrogens with one attached hydrogen (secondary N) is 1. The van der Waals surface area contributed by atoms with Gasteiger partial charge < -0.3 is 9.47 Å². The lowest BCUT2D eigenvalue weighted by molar-refractivity contribution is -0.0549. The summed E-state index contributed by atoms with van der Waals surface area (Å²) in [6, 6.07) is 2.05. The molecule has 21 heavy (non-hydrogen) atoms. The minimum atomic E-state index is 0.0342. The van der Waals surface area contributed by atoms with Crippen LogP contribution in [0.4, 0.5) is 0 Å². The van der Waals surface area contributed by atoms with Crippen LogP contribution < -0.4 is 0 Å². The maximum Gasteiger partial charge on any atom is 0.0836 e. The molecule has 2 unspecified atom stereocenters. The molecular formula is C16H25N3O2. The van der Waals surface area contributed by atoms with E-state index >= 15 is 0 Å². The fourth-order valence-corrected chi connectivity index (χ4v) is 3.69. The number of nitrogens with zero attached hydrogens (tertiary/aromatic N) is 2. The Morgan fingerprint density at radius 3 is 3.24 bits per heavy atom. The number of H-pyrrole nitrogens is 1. The summed E-state index contributed by atoms with van der Waals surface area (Å²) in [7, 11) is 0. The van der Waals surface area contributed by atoms with E-state index < -0.39 is 0 Å². The molecule has 1 saturated carbocycles. The molecule has 1 aromatic rings. The topological polar surface area (TPSA) is 50.4 Å². The standard InChI is InChI=1S/C16H25N3O2/c1-5-16(8-15(11-21-16)20-10-13-2-3-13)12-19(7-1)9-14-4-6-17-18-14/h4,6,13,15H,1-3,5,7-12H2,(H,17,18). The third-order valence-corrected chi connectivity index (χ3v) is 5.01. The highest BCUT2D eigenvalue weighted by molar-refractivity contribution is 5.01. The number of piperidine rings is 1. The maximum atomic E-state index is 6.20. The minimum Gasteiger partial charge on any atom is -0.375 e. The highest BCUT2D eigenvalue weighted by atomic mass is 16.6. The van der Waals surface area contributed by atoms with Gasteiger partial charge in [-0.25, -0.2) is 0 Å². The van der Waals surface area contributed by atoms with Crippen LogP contribution in [0, 0.1) is 5.92 Å². The zero-order valence-electron chi connectivity index (χ0n) is 12.6. The van der Waals surface area contributed by atoms with Gasteiger partial charge in [-0.15, -0.1) is 0 Å². The predicted molar refractivity (Wildman–Crippen MR) is 78.9 cm³/mol. The third-order valence-electron chi connectivity index (χ3n) is 5.01. The molecular weight excluding hydrogens is 266 g/mol. The molecule has 0 aromatic carbocycles. The first kappa shape index (κ1) is 13.7. The average molecular weight is 291 g/mol. The fourth-order valence-electron chi connectivity index (χ4n) is 3.69. The number of ether oxygens (including phenoxy) is 2. The normalized spacial score (nSPS) is 33.8. The smallest absolute Gasteiger partial charge is 0.0836 e. The van der Waals surface area contributed by atoms with Gasteiger partial charge in [0.05, 0.1) is 18.3 Å². The predicted octanol–water partition coefficient (Wildman–Crippen LogP) is 1.96. The number of aromatic amines is 1. The number of aromatic nitrogens is 2. The third kappa shape index (κ3) is 3.30. The highest BCUT2D eigenvalue weighted by Crippen LogP contribution is 2.37. The second-order valence-corrected chi connectivity index (χ2v) is 6.99. The summed E-state index contributed by atoms with van der Waals surface area (Å²) in [4.78, 5) is 2.49. The van der Waals surface area contributed by atoms with Crippen molar-refractivity contribution < 1.29 is 9.47 Å². The van der Waals surface area contributed by atoms with Crippen LogP contribution in [0.3, 0.4) is 0 Å². The van der Waals surface area contributed by atoms with Crippen molar-refractivity contribution in [3.05, 3.63) is 18.0 Å². The summed E-state index contributed by atoms with van der Waals surface area (Å²) >= 11 is 0. The first-order valence-electron chi connectivity index (χ1n) is 8.28. The molecule has 0 radical (unpaired) electrons. The van der Waals surface area contributed by atoms with Crippen LogP contribution >= 0.6 is 0 Å². The summed E-state index contributed by atoms with van der Waals surface area (Å²) in [5, 5.41) is 7.09. The van der Waals surface area contributed by atoms with E-state index in [1.54, 1.807) is 0 Å². The lowest BCUT2D eigenvalue weighted by Crippen LogP contribution is -2.47. The van der Waals surface area contributed by atoms with Gasteiger partial charge in [0.2, 0.25) is 0 Å². The molecule has 2 aliphatic heterocycles. The Bertz CT molecular complexity index is 460. The van der Waals surface area contributed by atoms with Crippen molar-refractivity contribution in [3.8, 4) is 0 Å². The van der Waals surface area contributed by atoms with Crippen LogP contribution in [-0.2, 0) is 16.0 Å². The highest BCUT2D eigenvalue weighted by Gasteiger charge is 2.44. The SMILES string of the molecule is c1cc(CN2CCCC3(CC(OCC4CC4)CO3)C2)[nH]n1. The van der Waals surface area contributed by atoms with Crippen molar-refractivity contribution in [3.63, 3.8) is 0 Å². The van der Waals surface area contributed by atoms with Gasteiger partial charge in [-0.1, -0.05) is 0 Å². The van der Waals surface area contributed by atoms with Crippen LogP contribution in [0.1, 0.15) is 37.8 Å². The average Bonchev–Trinajstić information content (AvgIpc) is 3.04. The number of hydrogen-bond donors (Lipinski definition) is 1. The molecule has 5 heteroatoms. The molecule has 2 atom stereocenters. The van der Waals surface area contributed by atoms with E-state index in [1.807, 2.05) is 6.20 Å². The van der Waals surface area contributed by atoms with Crippen molar-refractivity contribution in [2.45, 2.75) is 50.4 Å². The molecule has 5 nitrogen and oxygen atoms in total. The fraction of sp³-hybridized carbons (Fsp3) is 0.812. The van der Waals surface area contributed by atoms with Gasteiger partial charge in [0.25, 0.3) is 0 Å². The van der Waals surface area contributed by atoms with E-state index in [-0.39, 0.29) is 5.60 Å². The van der Waals surface area contributed by atoms with E-state index in [0.29, 0.717) is 6.10 Å². The van der Waals surface area contributed by atoms with Crippen LogP contribution in [0.5, 0.6) is 0 Å². The summed E-state index contributed by atoms with van der Waals surface area (Å²) in [5.41, 5.74) is 1.22. The van der Waals surface area contributed by atoms with E-state index in [9.17, 15) is 0 Å². The van der Waals surface area contributed by atoms with Gasteiger partial charge in [-0.3, -0.25) is 10.00 Å². The van der Waals surface area contributed by atoms with Crippen molar-refractivity contribution in [2.24, 2.45) is 5.92 Å². The van der Waals surface area contributed by atoms with E-state index in [0.717, 1.165) is 45.2 Å². The zero-order chi connectivity index (χ0) is 14.1. The Labute approximate surface area is 126 Å². The first-order chi connectivity index (χ1) is 10.3. The van der Waals surface area contributed by atoms with Crippen molar-refractivity contribution in [2.75, 3.05) is 26.3 Å². The van der Waals surface area contributed by atoms with E-state index in [4.69, 9.17) is 9.47 Å². The second-order valence-electron chi connectivity index (χ2n) is 6.99. The van der Waals surface area contributed by atoms with Gasteiger partial charge in [0.15, 0.2) is 0 Å². The Balaban J connectivity index is 1.31. The van der Waals surface area contributed by atoms with Gasteiger partial charge >= 0.3 is 0 Å². The summed E-state index contributed by atoms with van der Waals surface area (Å²) < 4.78 is 12.2. The molecule has 1 N–H and O–H groups in total. The van der Waals surface area contributed by atoms with Crippen LogP contribution in [-0.4, -0.2) is 53.1 Å². The molecule has 3 heterocycles. The molecule has 4 rings (SSSR count). The van der Waals surface area contributed by atoms with Crippen LogP contribution in [0.25, 0.3) is 0 Å². The maximum absolute atomic E-state index is 6.20. The first-order valence-corrected chi connectivity index (χ1v) is 8.28. The van der Waals surface area contributed by atoms with Gasteiger partial charge in [-0.2, -0.15) is 5.10 Å². The molecule has 116 valence electrons. The molecule has 2 saturated heterocycles. The minimum absolute atomic E-state index is 0.0342. The Morgan fingerprint density at radius 2 is 2.43 bits per heavy atom. The Kier molecular flexibility index (Phi) is 3.73. The van der Waals surface area contributed by atoms with Gasteiger partial charge in [0, 0.05) is 38.0 Å². The number of rotatable bonds is 5. The largest absolute Gasteiger partial charge is 0.375 e. The van der Waals surface area contributed by atoms with Crippen molar-refractivity contribution in [1.29, 1.82) is 0 Å². The zero-order valence-corrected chi connectivity index (χ0v) is 12.6. The van der Waals surface area contributed by atoms with Gasteiger partial charge in [0.1, 0.15) is 0 Å². The lowest BCUT2D eigenvalue weighted by Gasteiger charge is -2.39. The van der Waals surface area contributed by atoms with Crippen molar-refractivity contribution >= 4 is 0 Å². The summed E-state index contributed by atoms with van der Waals surface area (Å²) in [6.07, 6.45) is 8.31. The molecule has 1 aliphatic carbocycles. The lowest BCUT2D eigenvalue weighted by atomic mass is 9.89. The number of hydrogen-bond acceptors (Lipinski definition) is 4. The molecule has 1 spiro atoms. The quantitative estimate of drug-likeness (QED) is 0.901. The molecule has 1 aromatic heterocycles.